The molecule has 0 amide bonds. The van der Waals surface area contributed by atoms with E-state index in [-0.39, 0.29) is 5.15 Å². The summed E-state index contributed by atoms with van der Waals surface area (Å²) >= 11 is 5.91. The number of aryl methyl sites for hydroxylation is 1. The van der Waals surface area contributed by atoms with Gasteiger partial charge in [0.25, 0.3) is 5.88 Å². The summed E-state index contributed by atoms with van der Waals surface area (Å²) in [4.78, 5) is 7.88. The first-order valence-electron chi connectivity index (χ1n) is 5.56. The SMILES string of the molecule is CCc1ccccc1Oc1ncnc(Cl)c1OC. The monoisotopic (exact) mass is 264 g/mol. The zero-order chi connectivity index (χ0) is 13.0. The Labute approximate surface area is 111 Å². The van der Waals surface area contributed by atoms with Gasteiger partial charge in [-0.15, -0.1) is 0 Å². The van der Waals surface area contributed by atoms with E-state index in [0.717, 1.165) is 17.7 Å². The lowest BCUT2D eigenvalue weighted by Crippen LogP contribution is -1.97. The van der Waals surface area contributed by atoms with Crippen molar-refractivity contribution in [3.63, 3.8) is 0 Å². The minimum Gasteiger partial charge on any atom is -0.489 e. The largest absolute Gasteiger partial charge is 0.489 e. The first kappa shape index (κ1) is 12.6. The molecule has 94 valence electrons. The topological polar surface area (TPSA) is 44.2 Å². The van der Waals surface area contributed by atoms with Gasteiger partial charge in [-0.2, -0.15) is 4.98 Å². The number of ether oxygens (including phenoxy) is 2. The van der Waals surface area contributed by atoms with E-state index in [1.165, 1.54) is 13.4 Å². The zero-order valence-electron chi connectivity index (χ0n) is 10.2. The number of methoxy groups -OCH3 is 1. The van der Waals surface area contributed by atoms with Crippen LogP contribution in [0.3, 0.4) is 0 Å². The highest BCUT2D eigenvalue weighted by Gasteiger charge is 2.13. The van der Waals surface area contributed by atoms with Crippen molar-refractivity contribution in [1.82, 2.24) is 9.97 Å². The van der Waals surface area contributed by atoms with Gasteiger partial charge in [-0.1, -0.05) is 36.7 Å². The molecule has 0 fully saturated rings. The molecule has 0 aliphatic heterocycles. The van der Waals surface area contributed by atoms with Gasteiger partial charge in [0.05, 0.1) is 7.11 Å². The van der Waals surface area contributed by atoms with Crippen LogP contribution in [0.2, 0.25) is 5.15 Å². The summed E-state index contributed by atoms with van der Waals surface area (Å²) in [5.74, 6) is 1.40. The number of hydrogen-bond donors (Lipinski definition) is 0. The van der Waals surface area contributed by atoms with Gasteiger partial charge in [0.15, 0.2) is 5.15 Å². The van der Waals surface area contributed by atoms with Crippen LogP contribution >= 0.6 is 11.6 Å². The second kappa shape index (κ2) is 5.69. The quantitative estimate of drug-likeness (QED) is 0.793. The third kappa shape index (κ3) is 2.54. The van der Waals surface area contributed by atoms with Crippen LogP contribution in [0.4, 0.5) is 0 Å². The van der Waals surface area contributed by atoms with E-state index in [0.29, 0.717) is 11.6 Å². The fourth-order valence-electron chi connectivity index (χ4n) is 1.58. The molecule has 0 radical (unpaired) electrons. The molecule has 1 aromatic carbocycles. The van der Waals surface area contributed by atoms with Crippen molar-refractivity contribution in [1.29, 1.82) is 0 Å². The molecular weight excluding hydrogens is 252 g/mol. The highest BCUT2D eigenvalue weighted by molar-refractivity contribution is 6.31. The summed E-state index contributed by atoms with van der Waals surface area (Å²) in [5, 5.41) is 0.233. The maximum atomic E-state index is 5.91. The molecule has 1 heterocycles. The lowest BCUT2D eigenvalue weighted by molar-refractivity contribution is 0.366. The number of benzene rings is 1. The maximum Gasteiger partial charge on any atom is 0.267 e. The van der Waals surface area contributed by atoms with Crippen molar-refractivity contribution in [2.75, 3.05) is 7.11 Å². The molecule has 5 heteroatoms. The summed E-state index contributed by atoms with van der Waals surface area (Å²) in [6.07, 6.45) is 2.21. The van der Waals surface area contributed by atoms with Gasteiger partial charge in [-0.3, -0.25) is 0 Å². The molecule has 0 saturated carbocycles. The van der Waals surface area contributed by atoms with Crippen LogP contribution in [0.1, 0.15) is 12.5 Å². The van der Waals surface area contributed by atoms with Crippen molar-refractivity contribution < 1.29 is 9.47 Å². The number of para-hydroxylation sites is 1. The van der Waals surface area contributed by atoms with Crippen LogP contribution in [0, 0.1) is 0 Å². The van der Waals surface area contributed by atoms with E-state index in [9.17, 15) is 0 Å². The van der Waals surface area contributed by atoms with Crippen molar-refractivity contribution in [2.24, 2.45) is 0 Å². The van der Waals surface area contributed by atoms with Gasteiger partial charge in [0.2, 0.25) is 5.75 Å². The molecule has 0 N–H and O–H groups in total. The minimum absolute atomic E-state index is 0.233. The molecular formula is C13H13ClN2O2. The molecule has 2 rings (SSSR count). The molecule has 18 heavy (non-hydrogen) atoms. The Kier molecular flexibility index (Phi) is 3.99. The normalized spacial score (nSPS) is 10.2. The molecule has 0 aliphatic rings. The van der Waals surface area contributed by atoms with Crippen LogP contribution in [-0.2, 0) is 6.42 Å². The number of halogens is 1. The average molecular weight is 265 g/mol. The summed E-state index contributed by atoms with van der Waals surface area (Å²) in [5.41, 5.74) is 1.09. The molecule has 0 atom stereocenters. The maximum absolute atomic E-state index is 5.91. The first-order chi connectivity index (χ1) is 8.76. The van der Waals surface area contributed by atoms with Crippen LogP contribution in [0.5, 0.6) is 17.4 Å². The molecule has 1 aromatic heterocycles. The molecule has 4 nitrogen and oxygen atoms in total. The van der Waals surface area contributed by atoms with E-state index in [1.807, 2.05) is 24.3 Å². The Morgan fingerprint density at radius 2 is 2.00 bits per heavy atom. The van der Waals surface area contributed by atoms with E-state index < -0.39 is 0 Å². The minimum atomic E-state index is 0.233. The van der Waals surface area contributed by atoms with Gasteiger partial charge in [0.1, 0.15) is 12.1 Å². The number of hydrogen-bond acceptors (Lipinski definition) is 4. The highest BCUT2D eigenvalue weighted by Crippen LogP contribution is 2.34. The first-order valence-corrected chi connectivity index (χ1v) is 5.94. The second-order valence-corrected chi connectivity index (χ2v) is 3.92. The smallest absolute Gasteiger partial charge is 0.267 e. The third-order valence-electron chi connectivity index (χ3n) is 2.49. The molecule has 2 aromatic rings. The molecule has 0 unspecified atom stereocenters. The van der Waals surface area contributed by atoms with Crippen LogP contribution in [-0.4, -0.2) is 17.1 Å². The van der Waals surface area contributed by atoms with Crippen molar-refractivity contribution in [2.45, 2.75) is 13.3 Å². The summed E-state index contributed by atoms with van der Waals surface area (Å²) in [6, 6.07) is 7.76. The van der Waals surface area contributed by atoms with Crippen molar-refractivity contribution in [3.8, 4) is 17.4 Å². The second-order valence-electron chi connectivity index (χ2n) is 3.57. The number of aromatic nitrogens is 2. The predicted octanol–water partition coefficient (Wildman–Crippen LogP) is 3.49. The summed E-state index contributed by atoms with van der Waals surface area (Å²) < 4.78 is 10.9. The van der Waals surface area contributed by atoms with Crippen LogP contribution in [0.15, 0.2) is 30.6 Å². The van der Waals surface area contributed by atoms with E-state index in [4.69, 9.17) is 21.1 Å². The fourth-order valence-corrected chi connectivity index (χ4v) is 1.78. The van der Waals surface area contributed by atoms with E-state index >= 15 is 0 Å². The third-order valence-corrected chi connectivity index (χ3v) is 2.76. The lowest BCUT2D eigenvalue weighted by Gasteiger charge is -2.11. The van der Waals surface area contributed by atoms with Crippen LogP contribution < -0.4 is 9.47 Å². The van der Waals surface area contributed by atoms with Crippen LogP contribution in [0.25, 0.3) is 0 Å². The highest BCUT2D eigenvalue weighted by atomic mass is 35.5. The van der Waals surface area contributed by atoms with E-state index in [2.05, 4.69) is 16.9 Å². The van der Waals surface area contributed by atoms with Gasteiger partial charge < -0.3 is 9.47 Å². The van der Waals surface area contributed by atoms with Gasteiger partial charge in [0, 0.05) is 0 Å². The number of nitrogens with zero attached hydrogens (tertiary/aromatic N) is 2. The Balaban J connectivity index is 2.37. The van der Waals surface area contributed by atoms with Crippen molar-refractivity contribution in [3.05, 3.63) is 41.3 Å². The average Bonchev–Trinajstić information content (AvgIpc) is 2.40. The summed E-state index contributed by atoms with van der Waals surface area (Å²) in [6.45, 7) is 2.06. The Morgan fingerprint density at radius 3 is 2.72 bits per heavy atom. The molecule has 0 aliphatic carbocycles. The lowest BCUT2D eigenvalue weighted by atomic mass is 10.1. The van der Waals surface area contributed by atoms with Crippen molar-refractivity contribution >= 4 is 11.6 Å². The molecule has 0 bridgehead atoms. The predicted molar refractivity (Wildman–Crippen MR) is 69.5 cm³/mol. The van der Waals surface area contributed by atoms with E-state index in [1.54, 1.807) is 0 Å². The Morgan fingerprint density at radius 1 is 1.22 bits per heavy atom. The fraction of sp³-hybridized carbons (Fsp3) is 0.231. The Hall–Kier alpha value is -1.81. The van der Waals surface area contributed by atoms with Gasteiger partial charge in [-0.05, 0) is 18.1 Å². The molecule has 0 spiro atoms. The number of rotatable bonds is 4. The standard InChI is InChI=1S/C13H13ClN2O2/c1-3-9-6-4-5-7-10(9)18-13-11(17-2)12(14)15-8-16-13/h4-8H,3H2,1-2H3. The zero-order valence-corrected chi connectivity index (χ0v) is 10.9. The van der Waals surface area contributed by atoms with Gasteiger partial charge in [-0.25, -0.2) is 4.98 Å². The van der Waals surface area contributed by atoms with Gasteiger partial charge >= 0.3 is 0 Å². The Bertz CT molecular complexity index is 546. The molecule has 0 saturated heterocycles. The summed E-state index contributed by atoms with van der Waals surface area (Å²) in [7, 11) is 1.50.